The number of benzene rings is 1. The molecule has 2 aliphatic heterocycles. The Morgan fingerprint density at radius 2 is 1.68 bits per heavy atom. The van der Waals surface area contributed by atoms with Crippen molar-refractivity contribution < 1.29 is 14.3 Å². The summed E-state index contributed by atoms with van der Waals surface area (Å²) in [6.45, 7) is 8.78. The monoisotopic (exact) mass is 348 g/mol. The normalized spacial score (nSPS) is 19.0. The minimum absolute atomic E-state index is 0.0114. The molecule has 2 saturated heterocycles. The summed E-state index contributed by atoms with van der Waals surface area (Å²) >= 11 is 0. The van der Waals surface area contributed by atoms with Gasteiger partial charge in [-0.15, -0.1) is 0 Å². The molecule has 0 atom stereocenters. The number of para-hydroxylation sites is 2. The summed E-state index contributed by atoms with van der Waals surface area (Å²) in [7, 11) is 0. The number of amides is 1. The Morgan fingerprint density at radius 1 is 1.00 bits per heavy atom. The van der Waals surface area contributed by atoms with Gasteiger partial charge in [0.2, 0.25) is 5.91 Å². The molecule has 7 nitrogen and oxygen atoms in total. The van der Waals surface area contributed by atoms with Gasteiger partial charge in [-0.05, 0) is 12.1 Å². The van der Waals surface area contributed by atoms with Crippen LogP contribution in [0.5, 0.6) is 0 Å². The minimum atomic E-state index is -0.0114. The number of hydrogen-bond donors (Lipinski definition) is 2. The van der Waals surface area contributed by atoms with Gasteiger partial charge < -0.3 is 25.0 Å². The first kappa shape index (κ1) is 18.1. The Bertz CT molecular complexity index is 543. The molecule has 3 rings (SSSR count). The zero-order valence-electron chi connectivity index (χ0n) is 14.7. The maximum absolute atomic E-state index is 12.2. The molecular formula is C18H28N4O3. The summed E-state index contributed by atoms with van der Waals surface area (Å²) in [5.41, 5.74) is 1.93. The van der Waals surface area contributed by atoms with Gasteiger partial charge in [-0.2, -0.15) is 0 Å². The van der Waals surface area contributed by atoms with Gasteiger partial charge in [0.05, 0.1) is 44.3 Å². The van der Waals surface area contributed by atoms with Gasteiger partial charge in [-0.1, -0.05) is 12.1 Å². The minimum Gasteiger partial charge on any atom is -0.379 e. The second-order valence-electron chi connectivity index (χ2n) is 6.30. The van der Waals surface area contributed by atoms with E-state index in [1.165, 1.54) is 0 Å². The van der Waals surface area contributed by atoms with Crippen LogP contribution in [0.3, 0.4) is 0 Å². The fourth-order valence-corrected chi connectivity index (χ4v) is 3.12. The largest absolute Gasteiger partial charge is 0.379 e. The van der Waals surface area contributed by atoms with E-state index in [4.69, 9.17) is 9.47 Å². The standard InChI is InChI=1S/C18H28N4O3/c23-18(15-19-5-6-21-7-11-24-12-8-21)20-16-3-1-2-4-17(16)22-9-13-25-14-10-22/h1-4,19H,5-15H2,(H,20,23). The van der Waals surface area contributed by atoms with E-state index in [9.17, 15) is 4.79 Å². The molecule has 0 bridgehead atoms. The maximum Gasteiger partial charge on any atom is 0.238 e. The van der Waals surface area contributed by atoms with Crippen LogP contribution in [0.15, 0.2) is 24.3 Å². The van der Waals surface area contributed by atoms with Crippen molar-refractivity contribution in [1.82, 2.24) is 10.2 Å². The van der Waals surface area contributed by atoms with Crippen molar-refractivity contribution in [3.8, 4) is 0 Å². The zero-order valence-corrected chi connectivity index (χ0v) is 14.7. The molecule has 0 spiro atoms. The fraction of sp³-hybridized carbons (Fsp3) is 0.611. The van der Waals surface area contributed by atoms with Crippen LogP contribution in [0.25, 0.3) is 0 Å². The summed E-state index contributed by atoms with van der Waals surface area (Å²) in [5, 5.41) is 6.25. The van der Waals surface area contributed by atoms with Gasteiger partial charge in [0, 0.05) is 39.3 Å². The summed E-state index contributed by atoms with van der Waals surface area (Å²) in [4.78, 5) is 16.9. The summed E-state index contributed by atoms with van der Waals surface area (Å²) in [5.74, 6) is -0.0114. The van der Waals surface area contributed by atoms with Crippen LogP contribution in [0.2, 0.25) is 0 Å². The number of nitrogens with zero attached hydrogens (tertiary/aromatic N) is 2. The molecule has 1 aromatic rings. The maximum atomic E-state index is 12.2. The van der Waals surface area contributed by atoms with E-state index < -0.39 is 0 Å². The molecule has 25 heavy (non-hydrogen) atoms. The van der Waals surface area contributed by atoms with Gasteiger partial charge >= 0.3 is 0 Å². The van der Waals surface area contributed by atoms with Crippen molar-refractivity contribution in [3.05, 3.63) is 24.3 Å². The molecule has 1 amide bonds. The van der Waals surface area contributed by atoms with Crippen LogP contribution in [0.4, 0.5) is 11.4 Å². The highest BCUT2D eigenvalue weighted by atomic mass is 16.5. The number of carbonyl (C=O) groups is 1. The average molecular weight is 348 g/mol. The zero-order chi connectivity index (χ0) is 17.3. The number of rotatable bonds is 7. The van der Waals surface area contributed by atoms with Crippen LogP contribution in [-0.4, -0.2) is 83.0 Å². The lowest BCUT2D eigenvalue weighted by Gasteiger charge is -2.30. The van der Waals surface area contributed by atoms with Gasteiger partial charge in [-0.25, -0.2) is 0 Å². The van der Waals surface area contributed by atoms with E-state index in [1.807, 2.05) is 24.3 Å². The number of anilines is 2. The quantitative estimate of drug-likeness (QED) is 0.695. The SMILES string of the molecule is O=C(CNCCN1CCOCC1)Nc1ccccc1N1CCOCC1. The summed E-state index contributed by atoms with van der Waals surface area (Å²) in [6, 6.07) is 7.95. The number of morpholine rings is 2. The van der Waals surface area contributed by atoms with Crippen molar-refractivity contribution in [1.29, 1.82) is 0 Å². The number of carbonyl (C=O) groups excluding carboxylic acids is 1. The molecule has 2 aliphatic rings. The van der Waals surface area contributed by atoms with E-state index in [-0.39, 0.29) is 5.91 Å². The summed E-state index contributed by atoms with van der Waals surface area (Å²) in [6.07, 6.45) is 0. The van der Waals surface area contributed by atoms with Crippen LogP contribution in [0, 0.1) is 0 Å². The second kappa shape index (κ2) is 9.72. The molecule has 138 valence electrons. The van der Waals surface area contributed by atoms with E-state index in [1.54, 1.807) is 0 Å². The number of ether oxygens (including phenoxy) is 2. The predicted molar refractivity (Wildman–Crippen MR) is 98.2 cm³/mol. The third-order valence-corrected chi connectivity index (χ3v) is 4.52. The topological polar surface area (TPSA) is 66.1 Å². The van der Waals surface area contributed by atoms with Crippen molar-refractivity contribution in [2.45, 2.75) is 0 Å². The van der Waals surface area contributed by atoms with Gasteiger partial charge in [0.1, 0.15) is 0 Å². The van der Waals surface area contributed by atoms with Crippen molar-refractivity contribution in [2.24, 2.45) is 0 Å². The molecule has 2 fully saturated rings. The Kier molecular flexibility index (Phi) is 7.05. The molecule has 0 unspecified atom stereocenters. The molecular weight excluding hydrogens is 320 g/mol. The van der Waals surface area contributed by atoms with E-state index in [0.29, 0.717) is 6.54 Å². The van der Waals surface area contributed by atoms with Crippen molar-refractivity contribution in [3.63, 3.8) is 0 Å². The van der Waals surface area contributed by atoms with Crippen molar-refractivity contribution >= 4 is 17.3 Å². The molecule has 2 N–H and O–H groups in total. The third-order valence-electron chi connectivity index (χ3n) is 4.52. The highest BCUT2D eigenvalue weighted by Gasteiger charge is 2.15. The Morgan fingerprint density at radius 3 is 2.44 bits per heavy atom. The van der Waals surface area contributed by atoms with Crippen LogP contribution < -0.4 is 15.5 Å². The average Bonchev–Trinajstić information content (AvgIpc) is 2.67. The van der Waals surface area contributed by atoms with Crippen LogP contribution >= 0.6 is 0 Å². The smallest absolute Gasteiger partial charge is 0.238 e. The van der Waals surface area contributed by atoms with Gasteiger partial charge in [0.25, 0.3) is 0 Å². The Labute approximate surface area is 149 Å². The molecule has 1 aromatic carbocycles. The third kappa shape index (κ3) is 5.67. The molecule has 0 aromatic heterocycles. The van der Waals surface area contributed by atoms with Gasteiger partial charge in [0.15, 0.2) is 0 Å². The first-order valence-corrected chi connectivity index (χ1v) is 9.05. The fourth-order valence-electron chi connectivity index (χ4n) is 3.12. The number of hydrogen-bond acceptors (Lipinski definition) is 6. The Hall–Kier alpha value is -1.67. The molecule has 0 saturated carbocycles. The molecule has 2 heterocycles. The summed E-state index contributed by atoms with van der Waals surface area (Å²) < 4.78 is 10.7. The highest BCUT2D eigenvalue weighted by molar-refractivity contribution is 5.95. The Balaban J connectivity index is 1.43. The molecule has 7 heteroatoms. The second-order valence-corrected chi connectivity index (χ2v) is 6.30. The van der Waals surface area contributed by atoms with E-state index in [2.05, 4.69) is 20.4 Å². The van der Waals surface area contributed by atoms with Crippen LogP contribution in [0.1, 0.15) is 0 Å². The van der Waals surface area contributed by atoms with E-state index >= 15 is 0 Å². The van der Waals surface area contributed by atoms with Gasteiger partial charge in [-0.3, -0.25) is 9.69 Å². The lowest BCUT2D eigenvalue weighted by atomic mass is 10.2. The molecule has 0 aliphatic carbocycles. The first-order chi connectivity index (χ1) is 12.3. The predicted octanol–water partition coefficient (Wildman–Crippen LogP) is 0.384. The van der Waals surface area contributed by atoms with E-state index in [0.717, 1.165) is 77.1 Å². The lowest BCUT2D eigenvalue weighted by molar-refractivity contribution is -0.115. The first-order valence-electron chi connectivity index (χ1n) is 9.05. The van der Waals surface area contributed by atoms with Crippen LogP contribution in [-0.2, 0) is 14.3 Å². The number of nitrogens with one attached hydrogen (secondary N) is 2. The van der Waals surface area contributed by atoms with Crippen molar-refractivity contribution in [2.75, 3.05) is 82.5 Å². The lowest BCUT2D eigenvalue weighted by Crippen LogP contribution is -2.41. The molecule has 0 radical (unpaired) electrons. The highest BCUT2D eigenvalue weighted by Crippen LogP contribution is 2.26.